The van der Waals surface area contributed by atoms with Crippen LogP contribution in [0.1, 0.15) is 55.5 Å². The van der Waals surface area contributed by atoms with Crippen LogP contribution in [-0.2, 0) is 4.79 Å². The molecule has 2 fully saturated rings. The van der Waals surface area contributed by atoms with Crippen molar-refractivity contribution in [1.29, 1.82) is 0 Å². The summed E-state index contributed by atoms with van der Waals surface area (Å²) in [5, 5.41) is 3.58. The van der Waals surface area contributed by atoms with Gasteiger partial charge in [0.1, 0.15) is 6.17 Å². The Kier molecular flexibility index (Phi) is 3.63. The topological polar surface area (TPSA) is 32.3 Å². The predicted octanol–water partition coefficient (Wildman–Crippen LogP) is 3.46. The smallest absolute Gasteiger partial charge is 0.244 e. The number of carbonyl (C=O) groups excluding carboxylic acids is 1. The molecule has 2 atom stereocenters. The number of nitrogens with zero attached hydrogens (tertiary/aromatic N) is 1. The molecule has 2 unspecified atom stereocenters. The minimum atomic E-state index is -0.397. The Bertz CT molecular complexity index is 508. The molecule has 1 amide bonds. The number of thiophene rings is 1. The molecular formula is C16H24N2OS. The molecule has 1 N–H and O–H groups in total. The highest BCUT2D eigenvalue weighted by molar-refractivity contribution is 7.12. The Morgan fingerprint density at radius 1 is 1.45 bits per heavy atom. The predicted molar refractivity (Wildman–Crippen MR) is 82.7 cm³/mol. The summed E-state index contributed by atoms with van der Waals surface area (Å²) >= 11 is 1.80. The molecular weight excluding hydrogens is 268 g/mol. The zero-order valence-electron chi connectivity index (χ0n) is 12.6. The van der Waals surface area contributed by atoms with Gasteiger partial charge in [0.25, 0.3) is 0 Å². The van der Waals surface area contributed by atoms with Crippen LogP contribution in [0.15, 0.2) is 12.1 Å². The number of nitrogens with one attached hydrogen (secondary N) is 1. The first-order valence-electron chi connectivity index (χ1n) is 7.68. The second-order valence-electron chi connectivity index (χ2n) is 6.41. The normalized spacial score (nSPS) is 30.2. The zero-order chi connectivity index (χ0) is 14.3. The first-order chi connectivity index (χ1) is 9.53. The van der Waals surface area contributed by atoms with Gasteiger partial charge in [0.15, 0.2) is 0 Å². The number of rotatable bonds is 5. The highest BCUT2D eigenvalue weighted by Gasteiger charge is 2.47. The van der Waals surface area contributed by atoms with Gasteiger partial charge < -0.3 is 4.90 Å². The summed E-state index contributed by atoms with van der Waals surface area (Å²) < 4.78 is 0. The molecule has 3 nitrogen and oxygen atoms in total. The molecule has 110 valence electrons. The van der Waals surface area contributed by atoms with E-state index in [0.717, 1.165) is 25.3 Å². The number of amides is 1. The van der Waals surface area contributed by atoms with Crippen molar-refractivity contribution in [1.82, 2.24) is 10.2 Å². The van der Waals surface area contributed by atoms with Crippen LogP contribution in [0.25, 0.3) is 0 Å². The van der Waals surface area contributed by atoms with Crippen molar-refractivity contribution in [2.75, 3.05) is 6.54 Å². The lowest BCUT2D eigenvalue weighted by molar-refractivity contribution is -0.133. The van der Waals surface area contributed by atoms with E-state index in [0.29, 0.717) is 0 Å². The van der Waals surface area contributed by atoms with Crippen LogP contribution in [0.2, 0.25) is 0 Å². The van der Waals surface area contributed by atoms with Crippen LogP contribution in [0.5, 0.6) is 0 Å². The largest absolute Gasteiger partial charge is 0.320 e. The summed E-state index contributed by atoms with van der Waals surface area (Å²) in [6, 6.07) is 4.31. The quantitative estimate of drug-likeness (QED) is 0.901. The van der Waals surface area contributed by atoms with Gasteiger partial charge in [0.05, 0.1) is 5.54 Å². The third-order valence-electron chi connectivity index (χ3n) is 4.71. The average Bonchev–Trinajstić information content (AvgIpc) is 3.11. The monoisotopic (exact) mass is 292 g/mol. The van der Waals surface area contributed by atoms with Crippen LogP contribution in [0.4, 0.5) is 0 Å². The lowest BCUT2D eigenvalue weighted by Crippen LogP contribution is -2.43. The van der Waals surface area contributed by atoms with Crippen LogP contribution in [0.3, 0.4) is 0 Å². The fourth-order valence-corrected chi connectivity index (χ4v) is 3.85. The lowest BCUT2D eigenvalue weighted by Gasteiger charge is -2.23. The standard InChI is InChI=1S/C16H24N2OS/c1-4-16(3)15(19)18(10-9-12-6-7-12)14(17-16)13-8-5-11(2)20-13/h5,8,12,14,17H,4,6-7,9-10H2,1-3H3. The van der Waals surface area contributed by atoms with Gasteiger partial charge in [-0.3, -0.25) is 10.1 Å². The first kappa shape index (κ1) is 14.1. The molecule has 2 aliphatic rings. The van der Waals surface area contributed by atoms with E-state index in [1.165, 1.54) is 22.6 Å². The first-order valence-corrected chi connectivity index (χ1v) is 8.50. The molecule has 1 aliphatic heterocycles. The van der Waals surface area contributed by atoms with Gasteiger partial charge in [-0.05, 0) is 44.7 Å². The number of hydrogen-bond donors (Lipinski definition) is 1. The van der Waals surface area contributed by atoms with Gasteiger partial charge in [-0.2, -0.15) is 0 Å². The minimum absolute atomic E-state index is 0.0740. The molecule has 0 radical (unpaired) electrons. The van der Waals surface area contributed by atoms with Crippen molar-refractivity contribution >= 4 is 17.2 Å². The molecule has 1 saturated heterocycles. The van der Waals surface area contributed by atoms with Crippen LogP contribution < -0.4 is 5.32 Å². The molecule has 0 bridgehead atoms. The maximum atomic E-state index is 12.7. The van der Waals surface area contributed by atoms with Gasteiger partial charge in [-0.25, -0.2) is 0 Å². The number of carbonyl (C=O) groups is 1. The molecule has 1 aromatic heterocycles. The van der Waals surface area contributed by atoms with E-state index in [4.69, 9.17) is 0 Å². The molecule has 3 rings (SSSR count). The third kappa shape index (κ3) is 2.51. The van der Waals surface area contributed by atoms with E-state index in [-0.39, 0.29) is 12.1 Å². The van der Waals surface area contributed by atoms with E-state index in [1.54, 1.807) is 11.3 Å². The highest BCUT2D eigenvalue weighted by Crippen LogP contribution is 2.38. The van der Waals surface area contributed by atoms with E-state index in [2.05, 4.69) is 36.2 Å². The minimum Gasteiger partial charge on any atom is -0.320 e. The summed E-state index contributed by atoms with van der Waals surface area (Å²) in [5.74, 6) is 1.14. The Balaban J connectivity index is 1.82. The van der Waals surface area contributed by atoms with Gasteiger partial charge in [-0.1, -0.05) is 19.8 Å². The molecule has 4 heteroatoms. The zero-order valence-corrected chi connectivity index (χ0v) is 13.4. The summed E-state index contributed by atoms with van der Waals surface area (Å²) in [6.45, 7) is 7.15. The molecule has 1 aliphatic carbocycles. The van der Waals surface area contributed by atoms with Crippen molar-refractivity contribution in [2.45, 2.75) is 58.2 Å². The fraction of sp³-hybridized carbons (Fsp3) is 0.688. The van der Waals surface area contributed by atoms with Crippen LogP contribution >= 0.6 is 11.3 Å². The second-order valence-corrected chi connectivity index (χ2v) is 7.73. The summed E-state index contributed by atoms with van der Waals surface area (Å²) in [6.07, 6.45) is 4.78. The van der Waals surface area contributed by atoms with Crippen LogP contribution in [-0.4, -0.2) is 22.9 Å². The maximum absolute atomic E-state index is 12.7. The Morgan fingerprint density at radius 2 is 2.20 bits per heavy atom. The molecule has 0 aromatic carbocycles. The van der Waals surface area contributed by atoms with Crippen molar-refractivity contribution in [3.8, 4) is 0 Å². The van der Waals surface area contributed by atoms with E-state index in [9.17, 15) is 4.79 Å². The SMILES string of the molecule is CCC1(C)NC(c2ccc(C)s2)N(CCC2CC2)C1=O. The molecule has 20 heavy (non-hydrogen) atoms. The Hall–Kier alpha value is -0.870. The second kappa shape index (κ2) is 5.15. The van der Waals surface area contributed by atoms with Gasteiger partial charge in [0.2, 0.25) is 5.91 Å². The van der Waals surface area contributed by atoms with Gasteiger partial charge >= 0.3 is 0 Å². The Labute approximate surface area is 125 Å². The van der Waals surface area contributed by atoms with Crippen molar-refractivity contribution in [3.63, 3.8) is 0 Å². The average molecular weight is 292 g/mol. The maximum Gasteiger partial charge on any atom is 0.244 e. The summed E-state index contributed by atoms with van der Waals surface area (Å²) in [5.41, 5.74) is -0.397. The van der Waals surface area contributed by atoms with Crippen LogP contribution in [0, 0.1) is 12.8 Å². The highest BCUT2D eigenvalue weighted by atomic mass is 32.1. The van der Waals surface area contributed by atoms with E-state index >= 15 is 0 Å². The molecule has 1 saturated carbocycles. The van der Waals surface area contributed by atoms with Gasteiger partial charge in [-0.15, -0.1) is 11.3 Å². The van der Waals surface area contributed by atoms with Crippen molar-refractivity contribution < 1.29 is 4.79 Å². The fourth-order valence-electron chi connectivity index (χ4n) is 2.91. The molecule has 1 aromatic rings. The van der Waals surface area contributed by atoms with E-state index in [1.807, 2.05) is 6.92 Å². The summed E-state index contributed by atoms with van der Waals surface area (Å²) in [4.78, 5) is 17.4. The molecule has 2 heterocycles. The number of hydrogen-bond acceptors (Lipinski definition) is 3. The van der Waals surface area contributed by atoms with E-state index < -0.39 is 5.54 Å². The Morgan fingerprint density at radius 3 is 2.75 bits per heavy atom. The van der Waals surface area contributed by atoms with Crippen molar-refractivity contribution in [2.24, 2.45) is 5.92 Å². The summed E-state index contributed by atoms with van der Waals surface area (Å²) in [7, 11) is 0. The van der Waals surface area contributed by atoms with Crippen molar-refractivity contribution in [3.05, 3.63) is 21.9 Å². The molecule has 0 spiro atoms. The third-order valence-corrected chi connectivity index (χ3v) is 5.77. The van der Waals surface area contributed by atoms with Gasteiger partial charge in [0, 0.05) is 16.3 Å². The number of aryl methyl sites for hydroxylation is 1. The lowest BCUT2D eigenvalue weighted by atomic mass is 9.99.